The van der Waals surface area contributed by atoms with E-state index >= 15 is 0 Å². The number of primary amides is 1. The zero-order chi connectivity index (χ0) is 18.4. The summed E-state index contributed by atoms with van der Waals surface area (Å²) in [6, 6.07) is 5.45. The molecular formula is C19H28N2O4. The molecule has 2 N–H and O–H groups in total. The number of hydrogen-bond acceptors (Lipinski definition) is 4. The SMILES string of the molecule is CCOc1ccc(C(=O)N2CCC(C(N)=O)CC2)cc1COC(C)C. The van der Waals surface area contributed by atoms with E-state index in [-0.39, 0.29) is 23.8 Å². The number of hydrogen-bond donors (Lipinski definition) is 1. The molecule has 1 saturated heterocycles. The van der Waals surface area contributed by atoms with Crippen molar-refractivity contribution in [3.05, 3.63) is 29.3 Å². The molecule has 1 aliphatic heterocycles. The summed E-state index contributed by atoms with van der Waals surface area (Å²) < 4.78 is 11.3. The van der Waals surface area contributed by atoms with E-state index in [0.717, 1.165) is 11.3 Å². The second-order valence-corrected chi connectivity index (χ2v) is 6.58. The Morgan fingerprint density at radius 3 is 2.52 bits per heavy atom. The molecule has 0 radical (unpaired) electrons. The number of nitrogens with zero attached hydrogens (tertiary/aromatic N) is 1. The maximum Gasteiger partial charge on any atom is 0.253 e. The van der Waals surface area contributed by atoms with Gasteiger partial charge in [-0.25, -0.2) is 0 Å². The largest absolute Gasteiger partial charge is 0.494 e. The molecule has 1 heterocycles. The molecule has 0 spiro atoms. The second kappa shape index (κ2) is 8.85. The molecule has 25 heavy (non-hydrogen) atoms. The summed E-state index contributed by atoms with van der Waals surface area (Å²) in [5, 5.41) is 0. The standard InChI is InChI=1S/C19H28N2O4/c1-4-24-17-6-5-15(11-16(17)12-25-13(2)3)19(23)21-9-7-14(8-10-21)18(20)22/h5-6,11,13-14H,4,7-10,12H2,1-3H3,(H2,20,22). The highest BCUT2D eigenvalue weighted by atomic mass is 16.5. The number of ether oxygens (including phenoxy) is 2. The van der Waals surface area contributed by atoms with Gasteiger partial charge in [0.05, 0.1) is 19.3 Å². The van der Waals surface area contributed by atoms with E-state index in [0.29, 0.717) is 44.7 Å². The number of likely N-dealkylation sites (tertiary alicyclic amines) is 1. The Morgan fingerprint density at radius 1 is 1.28 bits per heavy atom. The van der Waals surface area contributed by atoms with Gasteiger partial charge >= 0.3 is 0 Å². The van der Waals surface area contributed by atoms with Crippen LogP contribution in [0.3, 0.4) is 0 Å². The van der Waals surface area contributed by atoms with Crippen molar-refractivity contribution in [1.29, 1.82) is 0 Å². The molecule has 6 heteroatoms. The Kier molecular flexibility index (Phi) is 6.82. The van der Waals surface area contributed by atoms with Crippen molar-refractivity contribution in [2.24, 2.45) is 11.7 Å². The highest BCUT2D eigenvalue weighted by Gasteiger charge is 2.26. The third kappa shape index (κ3) is 5.19. The van der Waals surface area contributed by atoms with Gasteiger partial charge in [0.25, 0.3) is 5.91 Å². The minimum Gasteiger partial charge on any atom is -0.494 e. The van der Waals surface area contributed by atoms with Gasteiger partial charge in [-0.2, -0.15) is 0 Å². The first kappa shape index (κ1) is 19.2. The summed E-state index contributed by atoms with van der Waals surface area (Å²) in [5.74, 6) is 0.310. The van der Waals surface area contributed by atoms with Crippen LogP contribution in [0.15, 0.2) is 18.2 Å². The van der Waals surface area contributed by atoms with Crippen LogP contribution in [0.25, 0.3) is 0 Å². The molecule has 0 unspecified atom stereocenters. The Morgan fingerprint density at radius 2 is 1.96 bits per heavy atom. The minimum absolute atomic E-state index is 0.0308. The Labute approximate surface area is 149 Å². The molecule has 1 fully saturated rings. The van der Waals surface area contributed by atoms with Crippen LogP contribution >= 0.6 is 0 Å². The average Bonchev–Trinajstić information content (AvgIpc) is 2.60. The van der Waals surface area contributed by atoms with E-state index in [2.05, 4.69) is 0 Å². The van der Waals surface area contributed by atoms with E-state index in [1.807, 2.05) is 32.9 Å². The second-order valence-electron chi connectivity index (χ2n) is 6.58. The van der Waals surface area contributed by atoms with Crippen molar-refractivity contribution in [1.82, 2.24) is 4.90 Å². The van der Waals surface area contributed by atoms with Gasteiger partial charge in [-0.3, -0.25) is 9.59 Å². The lowest BCUT2D eigenvalue weighted by Gasteiger charge is -2.30. The maximum absolute atomic E-state index is 12.8. The van der Waals surface area contributed by atoms with Crippen molar-refractivity contribution in [3.63, 3.8) is 0 Å². The van der Waals surface area contributed by atoms with Crippen LogP contribution in [0.4, 0.5) is 0 Å². The molecule has 1 aromatic carbocycles. The zero-order valence-corrected chi connectivity index (χ0v) is 15.3. The lowest BCUT2D eigenvalue weighted by Crippen LogP contribution is -2.41. The van der Waals surface area contributed by atoms with Crippen LogP contribution in [-0.2, 0) is 16.1 Å². The molecule has 0 saturated carbocycles. The fourth-order valence-electron chi connectivity index (χ4n) is 2.93. The number of carbonyl (C=O) groups is 2. The van der Waals surface area contributed by atoms with Gasteiger partial charge in [-0.15, -0.1) is 0 Å². The van der Waals surface area contributed by atoms with Crippen molar-refractivity contribution < 1.29 is 19.1 Å². The lowest BCUT2D eigenvalue weighted by molar-refractivity contribution is -0.123. The summed E-state index contributed by atoms with van der Waals surface area (Å²) in [6.07, 6.45) is 1.35. The molecule has 1 aromatic rings. The van der Waals surface area contributed by atoms with Crippen molar-refractivity contribution >= 4 is 11.8 Å². The van der Waals surface area contributed by atoms with Gasteiger partial charge in [-0.05, 0) is 51.8 Å². The smallest absolute Gasteiger partial charge is 0.253 e. The van der Waals surface area contributed by atoms with E-state index in [1.54, 1.807) is 11.0 Å². The van der Waals surface area contributed by atoms with Gasteiger partial charge in [0.15, 0.2) is 0 Å². The van der Waals surface area contributed by atoms with Crippen molar-refractivity contribution in [2.45, 2.75) is 46.3 Å². The monoisotopic (exact) mass is 348 g/mol. The third-order valence-electron chi connectivity index (χ3n) is 4.36. The fraction of sp³-hybridized carbons (Fsp3) is 0.579. The molecule has 0 bridgehead atoms. The van der Waals surface area contributed by atoms with E-state index < -0.39 is 0 Å². The Hall–Kier alpha value is -2.08. The topological polar surface area (TPSA) is 81.9 Å². The Balaban J connectivity index is 2.11. The van der Waals surface area contributed by atoms with Crippen LogP contribution in [0.1, 0.15) is 49.5 Å². The number of amides is 2. The highest BCUT2D eigenvalue weighted by molar-refractivity contribution is 5.94. The van der Waals surface area contributed by atoms with Crippen molar-refractivity contribution in [3.8, 4) is 5.75 Å². The van der Waals surface area contributed by atoms with E-state index in [1.165, 1.54) is 0 Å². The molecular weight excluding hydrogens is 320 g/mol. The first-order valence-electron chi connectivity index (χ1n) is 8.88. The normalized spacial score (nSPS) is 15.4. The summed E-state index contributed by atoms with van der Waals surface area (Å²) in [7, 11) is 0. The van der Waals surface area contributed by atoms with Crippen LogP contribution in [-0.4, -0.2) is 42.5 Å². The molecule has 0 aliphatic carbocycles. The van der Waals surface area contributed by atoms with E-state index in [9.17, 15) is 9.59 Å². The van der Waals surface area contributed by atoms with Crippen LogP contribution in [0.5, 0.6) is 5.75 Å². The summed E-state index contributed by atoms with van der Waals surface area (Å²) >= 11 is 0. The molecule has 2 rings (SSSR count). The van der Waals surface area contributed by atoms with Crippen LogP contribution in [0.2, 0.25) is 0 Å². The predicted molar refractivity (Wildman–Crippen MR) is 95.4 cm³/mol. The van der Waals surface area contributed by atoms with Gasteiger partial charge in [0.1, 0.15) is 5.75 Å². The Bertz CT molecular complexity index is 607. The zero-order valence-electron chi connectivity index (χ0n) is 15.3. The first-order chi connectivity index (χ1) is 11.9. The number of nitrogens with two attached hydrogens (primary N) is 1. The number of piperidine rings is 1. The lowest BCUT2D eigenvalue weighted by atomic mass is 9.95. The minimum atomic E-state index is -0.277. The molecule has 1 aliphatic rings. The van der Waals surface area contributed by atoms with Crippen LogP contribution in [0, 0.1) is 5.92 Å². The van der Waals surface area contributed by atoms with Gasteiger partial charge in [0.2, 0.25) is 5.91 Å². The molecule has 138 valence electrons. The quantitative estimate of drug-likeness (QED) is 0.820. The van der Waals surface area contributed by atoms with Gasteiger partial charge in [-0.1, -0.05) is 0 Å². The number of benzene rings is 1. The summed E-state index contributed by atoms with van der Waals surface area (Å²) in [5.41, 5.74) is 6.84. The summed E-state index contributed by atoms with van der Waals surface area (Å²) in [4.78, 5) is 25.8. The maximum atomic E-state index is 12.8. The van der Waals surface area contributed by atoms with Gasteiger partial charge in [0, 0.05) is 30.1 Å². The molecule has 6 nitrogen and oxygen atoms in total. The van der Waals surface area contributed by atoms with Gasteiger partial charge < -0.3 is 20.1 Å². The van der Waals surface area contributed by atoms with Crippen LogP contribution < -0.4 is 10.5 Å². The number of rotatable bonds is 7. The number of carbonyl (C=O) groups excluding carboxylic acids is 2. The summed E-state index contributed by atoms with van der Waals surface area (Å²) in [6.45, 7) is 7.93. The fourth-order valence-corrected chi connectivity index (χ4v) is 2.93. The first-order valence-corrected chi connectivity index (χ1v) is 8.88. The molecule has 0 atom stereocenters. The third-order valence-corrected chi connectivity index (χ3v) is 4.36. The highest BCUT2D eigenvalue weighted by Crippen LogP contribution is 2.24. The van der Waals surface area contributed by atoms with Crippen molar-refractivity contribution in [2.75, 3.05) is 19.7 Å². The predicted octanol–water partition coefficient (Wildman–Crippen LogP) is 2.35. The molecule has 2 amide bonds. The molecule has 0 aromatic heterocycles. The van der Waals surface area contributed by atoms with E-state index in [4.69, 9.17) is 15.2 Å². The average molecular weight is 348 g/mol.